The Labute approximate surface area is 82.4 Å². The number of para-hydroxylation sites is 1. The van der Waals surface area contributed by atoms with E-state index in [1.54, 1.807) is 0 Å². The van der Waals surface area contributed by atoms with Gasteiger partial charge in [-0.25, -0.2) is 0 Å². The Hall–Kier alpha value is -0.670. The Kier molecular flexibility index (Phi) is 2.47. The number of thioether (sulfide) groups is 1. The maximum absolute atomic E-state index is 9.11. The van der Waals surface area contributed by atoms with E-state index < -0.39 is 0 Å². The zero-order valence-corrected chi connectivity index (χ0v) is 8.40. The first-order valence-electron chi connectivity index (χ1n) is 4.44. The Morgan fingerprint density at radius 1 is 1.62 bits per heavy atom. The van der Waals surface area contributed by atoms with Gasteiger partial charge < -0.3 is 10.4 Å². The third kappa shape index (κ3) is 1.67. The average Bonchev–Trinajstić information content (AvgIpc) is 2.16. The van der Waals surface area contributed by atoms with Crippen molar-refractivity contribution in [3.8, 4) is 0 Å². The lowest BCUT2D eigenvalue weighted by Crippen LogP contribution is -2.19. The van der Waals surface area contributed by atoms with Crippen molar-refractivity contribution in [3.05, 3.63) is 23.8 Å². The second-order valence-electron chi connectivity index (χ2n) is 3.26. The quantitative estimate of drug-likeness (QED) is 0.719. The van der Waals surface area contributed by atoms with Crippen LogP contribution in [0.25, 0.3) is 0 Å². The van der Waals surface area contributed by atoms with Crippen LogP contribution in [0.5, 0.6) is 0 Å². The molecule has 0 fully saturated rings. The Morgan fingerprint density at radius 2 is 2.46 bits per heavy atom. The molecule has 2 rings (SSSR count). The highest BCUT2D eigenvalue weighted by Crippen LogP contribution is 2.36. The van der Waals surface area contributed by atoms with Crippen molar-refractivity contribution in [1.29, 1.82) is 0 Å². The van der Waals surface area contributed by atoms with Crippen LogP contribution < -0.4 is 5.32 Å². The molecule has 3 heteroatoms. The van der Waals surface area contributed by atoms with E-state index in [0.29, 0.717) is 5.25 Å². The fraction of sp³-hybridized carbons (Fsp3) is 0.400. The molecule has 0 spiro atoms. The number of hydrogen-bond acceptors (Lipinski definition) is 3. The zero-order chi connectivity index (χ0) is 9.26. The van der Waals surface area contributed by atoms with Gasteiger partial charge in [0.15, 0.2) is 0 Å². The van der Waals surface area contributed by atoms with Crippen molar-refractivity contribution in [2.24, 2.45) is 0 Å². The summed E-state index contributed by atoms with van der Waals surface area (Å²) in [6.45, 7) is 3.30. The molecule has 0 radical (unpaired) electrons. The highest BCUT2D eigenvalue weighted by molar-refractivity contribution is 8.00. The van der Waals surface area contributed by atoms with Gasteiger partial charge in [-0.05, 0) is 6.07 Å². The van der Waals surface area contributed by atoms with Gasteiger partial charge >= 0.3 is 0 Å². The SMILES string of the molecule is CC1CNc2c(CO)cccc2S1. The van der Waals surface area contributed by atoms with E-state index in [2.05, 4.69) is 18.3 Å². The van der Waals surface area contributed by atoms with Crippen molar-refractivity contribution in [2.75, 3.05) is 11.9 Å². The van der Waals surface area contributed by atoms with Crippen LogP contribution in [0, 0.1) is 0 Å². The topological polar surface area (TPSA) is 32.3 Å². The van der Waals surface area contributed by atoms with Gasteiger partial charge in [-0.15, -0.1) is 11.8 Å². The minimum Gasteiger partial charge on any atom is -0.392 e. The molecule has 1 aliphatic heterocycles. The molecule has 1 aromatic rings. The number of fused-ring (bicyclic) bond motifs is 1. The third-order valence-electron chi connectivity index (χ3n) is 2.18. The number of hydrogen-bond donors (Lipinski definition) is 2. The lowest BCUT2D eigenvalue weighted by Gasteiger charge is -2.24. The molecule has 2 nitrogen and oxygen atoms in total. The van der Waals surface area contributed by atoms with Crippen LogP contribution in [0.3, 0.4) is 0 Å². The number of aliphatic hydroxyl groups excluding tert-OH is 1. The van der Waals surface area contributed by atoms with Crippen molar-refractivity contribution in [2.45, 2.75) is 23.7 Å². The molecule has 0 aromatic heterocycles. The maximum atomic E-state index is 9.11. The summed E-state index contributed by atoms with van der Waals surface area (Å²) in [5.74, 6) is 0. The molecule has 70 valence electrons. The molecule has 2 N–H and O–H groups in total. The van der Waals surface area contributed by atoms with E-state index in [9.17, 15) is 0 Å². The van der Waals surface area contributed by atoms with E-state index in [1.807, 2.05) is 23.9 Å². The highest BCUT2D eigenvalue weighted by atomic mass is 32.2. The molecule has 1 aliphatic rings. The van der Waals surface area contributed by atoms with Crippen LogP contribution in [0.15, 0.2) is 23.1 Å². The number of nitrogens with one attached hydrogen (secondary N) is 1. The Bertz CT molecular complexity index is 314. The Balaban J connectivity index is 2.39. The van der Waals surface area contributed by atoms with Gasteiger partial charge in [0.1, 0.15) is 0 Å². The molecular formula is C10H13NOS. The van der Waals surface area contributed by atoms with Gasteiger partial charge in [-0.2, -0.15) is 0 Å². The van der Waals surface area contributed by atoms with Crippen LogP contribution in [-0.2, 0) is 6.61 Å². The van der Waals surface area contributed by atoms with Crippen molar-refractivity contribution in [3.63, 3.8) is 0 Å². The van der Waals surface area contributed by atoms with Crippen molar-refractivity contribution < 1.29 is 5.11 Å². The number of anilines is 1. The van der Waals surface area contributed by atoms with E-state index in [1.165, 1.54) is 4.90 Å². The monoisotopic (exact) mass is 195 g/mol. The van der Waals surface area contributed by atoms with Crippen molar-refractivity contribution >= 4 is 17.4 Å². The fourth-order valence-corrected chi connectivity index (χ4v) is 2.59. The van der Waals surface area contributed by atoms with Gasteiger partial charge in [0, 0.05) is 22.3 Å². The normalized spacial score (nSPS) is 20.6. The van der Waals surface area contributed by atoms with Gasteiger partial charge in [0.2, 0.25) is 0 Å². The summed E-state index contributed by atoms with van der Waals surface area (Å²) < 4.78 is 0. The second kappa shape index (κ2) is 3.60. The minimum atomic E-state index is 0.116. The molecule has 0 saturated heterocycles. The number of aliphatic hydroxyl groups is 1. The van der Waals surface area contributed by atoms with E-state index >= 15 is 0 Å². The summed E-state index contributed by atoms with van der Waals surface area (Å²) in [6.07, 6.45) is 0. The number of benzene rings is 1. The molecule has 0 saturated carbocycles. The lowest BCUT2D eigenvalue weighted by atomic mass is 10.2. The van der Waals surface area contributed by atoms with Crippen molar-refractivity contribution in [1.82, 2.24) is 0 Å². The second-order valence-corrected chi connectivity index (χ2v) is 4.74. The van der Waals surface area contributed by atoms with Gasteiger partial charge in [0.05, 0.1) is 12.3 Å². The van der Waals surface area contributed by atoms with E-state index in [4.69, 9.17) is 5.11 Å². The molecule has 0 aliphatic carbocycles. The lowest BCUT2D eigenvalue weighted by molar-refractivity contribution is 0.282. The smallest absolute Gasteiger partial charge is 0.0702 e. The minimum absolute atomic E-state index is 0.116. The molecule has 1 atom stereocenters. The van der Waals surface area contributed by atoms with Crippen LogP contribution in [-0.4, -0.2) is 16.9 Å². The van der Waals surface area contributed by atoms with Gasteiger partial charge in [-0.1, -0.05) is 19.1 Å². The summed E-state index contributed by atoms with van der Waals surface area (Å²) in [7, 11) is 0. The molecule has 1 unspecified atom stereocenters. The largest absolute Gasteiger partial charge is 0.392 e. The molecular weight excluding hydrogens is 182 g/mol. The van der Waals surface area contributed by atoms with E-state index in [-0.39, 0.29) is 6.61 Å². The van der Waals surface area contributed by atoms with Crippen LogP contribution >= 0.6 is 11.8 Å². The zero-order valence-electron chi connectivity index (χ0n) is 7.58. The summed E-state index contributed by atoms with van der Waals surface area (Å²) in [6, 6.07) is 6.06. The maximum Gasteiger partial charge on any atom is 0.0702 e. The number of rotatable bonds is 1. The predicted octanol–water partition coefficient (Wildman–Crippen LogP) is 2.08. The average molecular weight is 195 g/mol. The molecule has 1 heterocycles. The summed E-state index contributed by atoms with van der Waals surface area (Å²) in [5.41, 5.74) is 2.12. The van der Waals surface area contributed by atoms with Crippen LogP contribution in [0.4, 0.5) is 5.69 Å². The van der Waals surface area contributed by atoms with Gasteiger partial charge in [0.25, 0.3) is 0 Å². The highest BCUT2D eigenvalue weighted by Gasteiger charge is 2.16. The standard InChI is InChI=1S/C10H13NOS/c1-7-5-11-10-8(6-12)3-2-4-9(10)13-7/h2-4,7,11-12H,5-6H2,1H3. The third-order valence-corrected chi connectivity index (χ3v) is 3.34. The fourth-order valence-electron chi connectivity index (χ4n) is 1.51. The summed E-state index contributed by atoms with van der Waals surface area (Å²) in [5, 5.41) is 13.1. The van der Waals surface area contributed by atoms with Crippen LogP contribution in [0.2, 0.25) is 0 Å². The molecule has 13 heavy (non-hydrogen) atoms. The first kappa shape index (κ1) is 8.91. The van der Waals surface area contributed by atoms with E-state index in [0.717, 1.165) is 17.8 Å². The van der Waals surface area contributed by atoms with Crippen LogP contribution in [0.1, 0.15) is 12.5 Å². The predicted molar refractivity (Wildman–Crippen MR) is 56.2 cm³/mol. The van der Waals surface area contributed by atoms with Gasteiger partial charge in [-0.3, -0.25) is 0 Å². The first-order chi connectivity index (χ1) is 6.31. The Morgan fingerprint density at radius 3 is 3.23 bits per heavy atom. The first-order valence-corrected chi connectivity index (χ1v) is 5.32. The molecule has 0 bridgehead atoms. The summed E-state index contributed by atoms with van der Waals surface area (Å²) >= 11 is 1.87. The molecule has 0 amide bonds. The molecule has 1 aromatic carbocycles. The summed E-state index contributed by atoms with van der Waals surface area (Å²) in [4.78, 5) is 1.25.